The van der Waals surface area contributed by atoms with Crippen LogP contribution in [0.25, 0.3) is 84.3 Å². The Morgan fingerprint density at radius 3 is 1.76 bits per heavy atom. The number of pyridine rings is 1. The van der Waals surface area contributed by atoms with Crippen LogP contribution in [0.4, 0.5) is 0 Å². The lowest BCUT2D eigenvalue weighted by molar-refractivity contribution is 0.666. The Hall–Kier alpha value is -7.05. The zero-order chi connectivity index (χ0) is 36.2. The second-order valence-electron chi connectivity index (χ2n) is 14.2. The molecule has 0 N–H and O–H groups in total. The van der Waals surface area contributed by atoms with Crippen LogP contribution in [0.15, 0.2) is 170 Å². The summed E-state index contributed by atoms with van der Waals surface area (Å²) in [5.41, 5.74) is 13.3. The van der Waals surface area contributed by atoms with E-state index in [0.29, 0.717) is 17.5 Å². The maximum atomic E-state index is 5.06. The van der Waals surface area contributed by atoms with Gasteiger partial charge >= 0.3 is 0 Å². The molecular formula is C48H34N6. The quantitative estimate of drug-likeness (QED) is 0.173. The second kappa shape index (κ2) is 12.6. The highest BCUT2D eigenvalue weighted by Gasteiger charge is 2.37. The molecule has 0 atom stereocenters. The Morgan fingerprint density at radius 2 is 1.04 bits per heavy atom. The van der Waals surface area contributed by atoms with E-state index in [2.05, 4.69) is 122 Å². The smallest absolute Gasteiger partial charge is 0.164 e. The van der Waals surface area contributed by atoms with Crippen LogP contribution < -0.4 is 0 Å². The van der Waals surface area contributed by atoms with Gasteiger partial charge < -0.3 is 0 Å². The Kier molecular flexibility index (Phi) is 7.37. The molecular weight excluding hydrogens is 661 g/mol. The molecule has 0 amide bonds. The van der Waals surface area contributed by atoms with E-state index in [1.807, 2.05) is 65.5 Å². The molecule has 1 aliphatic carbocycles. The summed E-state index contributed by atoms with van der Waals surface area (Å²) in [6.45, 7) is 4.63. The Balaban J connectivity index is 1.05. The summed E-state index contributed by atoms with van der Waals surface area (Å²) in [6.07, 6.45) is 3.80. The van der Waals surface area contributed by atoms with Crippen molar-refractivity contribution in [2.24, 2.45) is 0 Å². The van der Waals surface area contributed by atoms with E-state index in [0.717, 1.165) is 50.1 Å². The third kappa shape index (κ3) is 5.30. The van der Waals surface area contributed by atoms with Crippen LogP contribution in [0.3, 0.4) is 0 Å². The molecule has 1 aliphatic rings. The van der Waals surface area contributed by atoms with E-state index in [1.165, 1.54) is 27.8 Å². The number of nitrogens with zero attached hydrogens (tertiary/aromatic N) is 6. The molecule has 3 heterocycles. The molecule has 0 unspecified atom stereocenters. The first-order chi connectivity index (χ1) is 26.5. The van der Waals surface area contributed by atoms with Gasteiger partial charge in [0.25, 0.3) is 0 Å². The normalized spacial score (nSPS) is 12.8. The zero-order valence-corrected chi connectivity index (χ0v) is 29.8. The predicted octanol–water partition coefficient (Wildman–Crippen LogP) is 11.2. The molecule has 6 nitrogen and oxygen atoms in total. The topological polar surface area (TPSA) is 69.4 Å². The molecule has 0 spiro atoms. The standard InChI is InChI=1S/C48H34N6/c1-48(2)41-25-23-36(29-39(41)38-24-26-42-40(44(38)48)30-50-54(42)43-18-9-10-27-49-43)35-16-11-17-37(28-35)47-52-45(33-14-7-4-8-15-33)51-46(53-47)34-21-19-32(20-22-34)31-12-5-3-6-13-31/h3-30H,1-2H3. The van der Waals surface area contributed by atoms with Crippen molar-refractivity contribution in [1.82, 2.24) is 29.7 Å². The number of fused-ring (bicyclic) bond motifs is 5. The van der Waals surface area contributed by atoms with E-state index in [-0.39, 0.29) is 5.41 Å². The van der Waals surface area contributed by atoms with Crippen molar-refractivity contribution in [2.75, 3.05) is 0 Å². The first kappa shape index (κ1) is 31.7. The minimum absolute atomic E-state index is 0.197. The lowest BCUT2D eigenvalue weighted by Crippen LogP contribution is -2.15. The molecule has 6 aromatic carbocycles. The zero-order valence-electron chi connectivity index (χ0n) is 29.8. The van der Waals surface area contributed by atoms with Gasteiger partial charge in [0.05, 0.1) is 11.7 Å². The monoisotopic (exact) mass is 694 g/mol. The van der Waals surface area contributed by atoms with Crippen LogP contribution in [0.1, 0.15) is 25.0 Å². The fraction of sp³-hybridized carbons (Fsp3) is 0.0625. The molecule has 0 bridgehead atoms. The van der Waals surface area contributed by atoms with E-state index >= 15 is 0 Å². The molecule has 256 valence electrons. The van der Waals surface area contributed by atoms with E-state index in [4.69, 9.17) is 20.1 Å². The largest absolute Gasteiger partial charge is 0.237 e. The van der Waals surface area contributed by atoms with Crippen molar-refractivity contribution >= 4 is 10.9 Å². The molecule has 10 rings (SSSR count). The van der Waals surface area contributed by atoms with E-state index < -0.39 is 0 Å². The third-order valence-electron chi connectivity index (χ3n) is 10.6. The molecule has 3 aromatic heterocycles. The average Bonchev–Trinajstić information content (AvgIpc) is 3.77. The summed E-state index contributed by atoms with van der Waals surface area (Å²) >= 11 is 0. The Morgan fingerprint density at radius 1 is 0.463 bits per heavy atom. The molecule has 0 saturated heterocycles. The van der Waals surface area contributed by atoms with E-state index in [9.17, 15) is 0 Å². The summed E-state index contributed by atoms with van der Waals surface area (Å²) in [4.78, 5) is 19.6. The number of hydrogen-bond donors (Lipinski definition) is 0. The lowest BCUT2D eigenvalue weighted by Gasteiger charge is -2.22. The highest BCUT2D eigenvalue weighted by molar-refractivity contribution is 5.97. The fourth-order valence-electron chi connectivity index (χ4n) is 7.92. The first-order valence-corrected chi connectivity index (χ1v) is 18.2. The van der Waals surface area contributed by atoms with Crippen molar-refractivity contribution in [2.45, 2.75) is 19.3 Å². The maximum Gasteiger partial charge on any atom is 0.164 e. The van der Waals surface area contributed by atoms with Crippen LogP contribution in [0, 0.1) is 0 Å². The Bertz CT molecular complexity index is 2830. The minimum Gasteiger partial charge on any atom is -0.237 e. The van der Waals surface area contributed by atoms with Gasteiger partial charge in [0.1, 0.15) is 0 Å². The van der Waals surface area contributed by atoms with Crippen LogP contribution in [-0.4, -0.2) is 29.7 Å². The van der Waals surface area contributed by atoms with Crippen molar-refractivity contribution in [3.05, 3.63) is 181 Å². The van der Waals surface area contributed by atoms with Crippen molar-refractivity contribution < 1.29 is 0 Å². The lowest BCUT2D eigenvalue weighted by atomic mass is 9.81. The summed E-state index contributed by atoms with van der Waals surface area (Å²) in [5.74, 6) is 2.72. The molecule has 0 saturated carbocycles. The van der Waals surface area contributed by atoms with Gasteiger partial charge in [-0.3, -0.25) is 0 Å². The number of rotatable bonds is 6. The van der Waals surface area contributed by atoms with Crippen LogP contribution in [-0.2, 0) is 5.41 Å². The molecule has 0 radical (unpaired) electrons. The number of benzene rings is 6. The molecule has 9 aromatic rings. The molecule has 6 heteroatoms. The van der Waals surface area contributed by atoms with Crippen LogP contribution in [0.5, 0.6) is 0 Å². The fourth-order valence-corrected chi connectivity index (χ4v) is 7.92. The maximum absolute atomic E-state index is 5.06. The van der Waals surface area contributed by atoms with Crippen LogP contribution >= 0.6 is 0 Å². The predicted molar refractivity (Wildman–Crippen MR) is 217 cm³/mol. The van der Waals surface area contributed by atoms with Crippen molar-refractivity contribution in [3.63, 3.8) is 0 Å². The average molecular weight is 695 g/mol. The summed E-state index contributed by atoms with van der Waals surface area (Å²) in [6, 6.07) is 54.7. The van der Waals surface area contributed by atoms with Gasteiger partial charge in [-0.2, -0.15) is 5.10 Å². The molecule has 0 aliphatic heterocycles. The summed E-state index contributed by atoms with van der Waals surface area (Å²) in [7, 11) is 0. The second-order valence-corrected chi connectivity index (χ2v) is 14.2. The van der Waals surface area contributed by atoms with Gasteiger partial charge in [-0.05, 0) is 74.8 Å². The number of hydrogen-bond acceptors (Lipinski definition) is 5. The van der Waals surface area contributed by atoms with Gasteiger partial charge in [0.2, 0.25) is 0 Å². The van der Waals surface area contributed by atoms with Gasteiger partial charge in [0, 0.05) is 33.7 Å². The molecule has 0 fully saturated rings. The summed E-state index contributed by atoms with van der Waals surface area (Å²) < 4.78 is 1.93. The highest BCUT2D eigenvalue weighted by Crippen LogP contribution is 2.52. The minimum atomic E-state index is -0.197. The third-order valence-corrected chi connectivity index (χ3v) is 10.6. The van der Waals surface area contributed by atoms with Gasteiger partial charge in [0.15, 0.2) is 23.3 Å². The van der Waals surface area contributed by atoms with Gasteiger partial charge in [-0.15, -0.1) is 0 Å². The Labute approximate surface area is 313 Å². The van der Waals surface area contributed by atoms with Crippen LogP contribution in [0.2, 0.25) is 0 Å². The van der Waals surface area contributed by atoms with Crippen molar-refractivity contribution in [1.29, 1.82) is 0 Å². The van der Waals surface area contributed by atoms with Gasteiger partial charge in [-0.1, -0.05) is 141 Å². The van der Waals surface area contributed by atoms with E-state index in [1.54, 1.807) is 6.20 Å². The summed E-state index contributed by atoms with van der Waals surface area (Å²) in [5, 5.41) is 5.93. The van der Waals surface area contributed by atoms with Crippen molar-refractivity contribution in [3.8, 4) is 73.4 Å². The first-order valence-electron chi connectivity index (χ1n) is 18.2. The van der Waals surface area contributed by atoms with Gasteiger partial charge in [-0.25, -0.2) is 24.6 Å². The number of aromatic nitrogens is 6. The SMILES string of the molecule is CC1(C)c2ccc(-c3cccc(-c4nc(-c5ccccc5)nc(-c5ccc(-c6ccccc6)cc5)n4)c3)cc2-c2ccc3c(cnn3-c3ccccn3)c21. The highest BCUT2D eigenvalue weighted by atomic mass is 15.3. The molecule has 54 heavy (non-hydrogen) atoms.